The van der Waals surface area contributed by atoms with Crippen molar-refractivity contribution in [3.8, 4) is 0 Å². The van der Waals surface area contributed by atoms with Gasteiger partial charge < -0.3 is 11.1 Å². The second kappa shape index (κ2) is 4.30. The number of hydrogen-bond donors (Lipinski definition) is 2. The molecular formula is C11H15ClN2. The molecule has 1 fully saturated rings. The first-order valence-electron chi connectivity index (χ1n) is 5.01. The summed E-state index contributed by atoms with van der Waals surface area (Å²) in [4.78, 5) is 0. The molecule has 1 atom stereocenters. The Balaban J connectivity index is 1.95. The van der Waals surface area contributed by atoms with Crippen LogP contribution in [0.25, 0.3) is 0 Å². The Kier molecular flexibility index (Phi) is 3.06. The third-order valence-corrected chi connectivity index (χ3v) is 2.85. The van der Waals surface area contributed by atoms with Crippen LogP contribution in [-0.4, -0.2) is 12.6 Å². The van der Waals surface area contributed by atoms with Crippen LogP contribution in [0.15, 0.2) is 24.3 Å². The molecule has 1 aromatic carbocycles. The molecule has 0 bridgehead atoms. The zero-order valence-electron chi connectivity index (χ0n) is 8.04. The van der Waals surface area contributed by atoms with E-state index in [0.717, 1.165) is 17.1 Å². The van der Waals surface area contributed by atoms with Gasteiger partial charge in [0, 0.05) is 23.7 Å². The molecule has 0 amide bonds. The average Bonchev–Trinajstić information content (AvgIpc) is 2.98. The fourth-order valence-corrected chi connectivity index (χ4v) is 1.74. The van der Waals surface area contributed by atoms with Gasteiger partial charge in [0.15, 0.2) is 0 Å². The molecule has 1 unspecified atom stereocenters. The highest BCUT2D eigenvalue weighted by molar-refractivity contribution is 6.31. The number of nitrogens with two attached hydrogens (primary N) is 1. The van der Waals surface area contributed by atoms with Crippen molar-refractivity contribution in [3.63, 3.8) is 0 Å². The monoisotopic (exact) mass is 210 g/mol. The van der Waals surface area contributed by atoms with E-state index >= 15 is 0 Å². The van der Waals surface area contributed by atoms with Gasteiger partial charge >= 0.3 is 0 Å². The van der Waals surface area contributed by atoms with Crippen LogP contribution in [0.4, 0.5) is 0 Å². The van der Waals surface area contributed by atoms with E-state index in [-0.39, 0.29) is 6.04 Å². The summed E-state index contributed by atoms with van der Waals surface area (Å²) in [5, 5.41) is 4.16. The van der Waals surface area contributed by atoms with Crippen molar-refractivity contribution in [2.24, 2.45) is 5.73 Å². The topological polar surface area (TPSA) is 38.0 Å². The first-order valence-corrected chi connectivity index (χ1v) is 5.38. The van der Waals surface area contributed by atoms with Gasteiger partial charge in [-0.15, -0.1) is 0 Å². The van der Waals surface area contributed by atoms with Gasteiger partial charge in [-0.2, -0.15) is 0 Å². The summed E-state index contributed by atoms with van der Waals surface area (Å²) >= 11 is 6.04. The van der Waals surface area contributed by atoms with Crippen molar-refractivity contribution in [1.29, 1.82) is 0 Å². The van der Waals surface area contributed by atoms with Gasteiger partial charge in [0.05, 0.1) is 0 Å². The zero-order chi connectivity index (χ0) is 9.97. The number of hydrogen-bond acceptors (Lipinski definition) is 2. The van der Waals surface area contributed by atoms with Gasteiger partial charge in [0.2, 0.25) is 0 Å². The van der Waals surface area contributed by atoms with E-state index < -0.39 is 0 Å². The highest BCUT2D eigenvalue weighted by atomic mass is 35.5. The summed E-state index contributed by atoms with van der Waals surface area (Å²) in [7, 11) is 0. The first-order chi connectivity index (χ1) is 6.77. The van der Waals surface area contributed by atoms with Crippen molar-refractivity contribution in [1.82, 2.24) is 5.32 Å². The van der Waals surface area contributed by atoms with Crippen molar-refractivity contribution >= 4 is 11.6 Å². The van der Waals surface area contributed by atoms with Gasteiger partial charge in [-0.1, -0.05) is 29.8 Å². The van der Waals surface area contributed by atoms with Crippen LogP contribution in [0.5, 0.6) is 0 Å². The lowest BCUT2D eigenvalue weighted by molar-refractivity contribution is 0.595. The molecule has 2 nitrogen and oxygen atoms in total. The highest BCUT2D eigenvalue weighted by Gasteiger charge is 2.21. The number of halogens is 1. The summed E-state index contributed by atoms with van der Waals surface area (Å²) in [6, 6.07) is 8.47. The minimum Gasteiger partial charge on any atom is -0.323 e. The Morgan fingerprint density at radius 1 is 1.43 bits per heavy atom. The lowest BCUT2D eigenvalue weighted by atomic mass is 10.1. The van der Waals surface area contributed by atoms with Crippen LogP contribution in [0, 0.1) is 0 Å². The minimum atomic E-state index is 0.00398. The lowest BCUT2D eigenvalue weighted by Gasteiger charge is -2.14. The minimum absolute atomic E-state index is 0.00398. The lowest BCUT2D eigenvalue weighted by Crippen LogP contribution is -2.28. The van der Waals surface area contributed by atoms with Gasteiger partial charge in [0.1, 0.15) is 0 Å². The van der Waals surface area contributed by atoms with E-state index in [1.165, 1.54) is 12.8 Å². The fraction of sp³-hybridized carbons (Fsp3) is 0.455. The molecule has 14 heavy (non-hydrogen) atoms. The molecule has 0 spiro atoms. The van der Waals surface area contributed by atoms with Gasteiger partial charge in [-0.3, -0.25) is 0 Å². The Morgan fingerprint density at radius 3 is 2.79 bits per heavy atom. The zero-order valence-corrected chi connectivity index (χ0v) is 8.80. The van der Waals surface area contributed by atoms with Crippen LogP contribution in [0.3, 0.4) is 0 Å². The molecule has 1 aliphatic carbocycles. The molecule has 1 aliphatic rings. The molecule has 1 saturated carbocycles. The Morgan fingerprint density at radius 2 is 2.14 bits per heavy atom. The highest BCUT2D eigenvalue weighted by Crippen LogP contribution is 2.23. The molecule has 3 N–H and O–H groups in total. The van der Waals surface area contributed by atoms with Crippen LogP contribution in [0.1, 0.15) is 24.4 Å². The summed E-state index contributed by atoms with van der Waals surface area (Å²) in [6.45, 7) is 0.814. The molecular weight excluding hydrogens is 196 g/mol. The van der Waals surface area contributed by atoms with Gasteiger partial charge in [0.25, 0.3) is 0 Å². The molecule has 0 heterocycles. The van der Waals surface area contributed by atoms with Crippen LogP contribution >= 0.6 is 11.6 Å². The Hall–Kier alpha value is -0.570. The number of nitrogens with one attached hydrogen (secondary N) is 1. The largest absolute Gasteiger partial charge is 0.323 e. The van der Waals surface area contributed by atoms with E-state index in [2.05, 4.69) is 5.32 Å². The van der Waals surface area contributed by atoms with E-state index in [9.17, 15) is 0 Å². The summed E-state index contributed by atoms with van der Waals surface area (Å²) in [6.07, 6.45) is 2.57. The maximum Gasteiger partial charge on any atom is 0.0454 e. The second-order valence-electron chi connectivity index (χ2n) is 3.81. The summed E-state index contributed by atoms with van der Waals surface area (Å²) in [5.74, 6) is 0. The predicted molar refractivity (Wildman–Crippen MR) is 59.4 cm³/mol. The maximum atomic E-state index is 6.04. The van der Waals surface area contributed by atoms with Crippen LogP contribution < -0.4 is 11.1 Å². The van der Waals surface area contributed by atoms with Gasteiger partial charge in [-0.05, 0) is 24.5 Å². The van der Waals surface area contributed by atoms with E-state index in [4.69, 9.17) is 17.3 Å². The standard InChI is InChI=1S/C11H15ClN2/c12-10-4-2-1-3-9(10)11(13)7-14-8-5-6-8/h1-4,8,11,14H,5-7,13H2. The molecule has 2 rings (SSSR count). The van der Waals surface area contributed by atoms with Gasteiger partial charge in [-0.25, -0.2) is 0 Å². The molecule has 3 heteroatoms. The van der Waals surface area contributed by atoms with Crippen LogP contribution in [0.2, 0.25) is 5.02 Å². The smallest absolute Gasteiger partial charge is 0.0454 e. The van der Waals surface area contributed by atoms with Crippen molar-refractivity contribution in [2.75, 3.05) is 6.54 Å². The molecule has 76 valence electrons. The average molecular weight is 211 g/mol. The van der Waals surface area contributed by atoms with Crippen LogP contribution in [-0.2, 0) is 0 Å². The predicted octanol–water partition coefficient (Wildman–Crippen LogP) is 2.09. The molecule has 1 aromatic rings. The van der Waals surface area contributed by atoms with Crippen molar-refractivity contribution < 1.29 is 0 Å². The third-order valence-electron chi connectivity index (χ3n) is 2.51. The fourth-order valence-electron chi connectivity index (χ4n) is 1.47. The normalized spacial score (nSPS) is 18.1. The Labute approximate surface area is 89.4 Å². The SMILES string of the molecule is NC(CNC1CC1)c1ccccc1Cl. The molecule has 0 saturated heterocycles. The number of rotatable bonds is 4. The van der Waals surface area contributed by atoms with E-state index in [0.29, 0.717) is 6.04 Å². The molecule has 0 aromatic heterocycles. The summed E-state index contributed by atoms with van der Waals surface area (Å²) in [5.41, 5.74) is 7.05. The molecule has 0 aliphatic heterocycles. The van der Waals surface area contributed by atoms with E-state index in [1.54, 1.807) is 0 Å². The second-order valence-corrected chi connectivity index (χ2v) is 4.22. The summed E-state index contributed by atoms with van der Waals surface area (Å²) < 4.78 is 0. The van der Waals surface area contributed by atoms with Crippen molar-refractivity contribution in [2.45, 2.75) is 24.9 Å². The van der Waals surface area contributed by atoms with Crippen molar-refractivity contribution in [3.05, 3.63) is 34.9 Å². The molecule has 0 radical (unpaired) electrons. The first kappa shape index (κ1) is 9.97. The van der Waals surface area contributed by atoms with E-state index in [1.807, 2.05) is 24.3 Å². The quantitative estimate of drug-likeness (QED) is 0.799. The third kappa shape index (κ3) is 2.47. The Bertz CT molecular complexity index is 310. The maximum absolute atomic E-state index is 6.04. The number of benzene rings is 1.